The zero-order valence-corrected chi connectivity index (χ0v) is 14.7. The maximum Gasteiger partial charge on any atom is 0.193 e. The van der Waals surface area contributed by atoms with Crippen LogP contribution >= 0.6 is 11.6 Å². The summed E-state index contributed by atoms with van der Waals surface area (Å²) in [6.45, 7) is 3.67. The van der Waals surface area contributed by atoms with Crippen molar-refractivity contribution in [2.45, 2.75) is 12.8 Å². The molecule has 1 fully saturated rings. The Labute approximate surface area is 143 Å². The Morgan fingerprint density at radius 2 is 2.22 bits per heavy atom. The molecule has 0 atom stereocenters. The van der Waals surface area contributed by atoms with Crippen molar-refractivity contribution in [3.05, 3.63) is 29.3 Å². The summed E-state index contributed by atoms with van der Waals surface area (Å²) in [7, 11) is 3.79. The third kappa shape index (κ3) is 7.10. The predicted molar refractivity (Wildman–Crippen MR) is 94.5 cm³/mol. The summed E-state index contributed by atoms with van der Waals surface area (Å²) in [5, 5.41) is 3.96. The third-order valence-corrected chi connectivity index (χ3v) is 3.88. The molecule has 2 rings (SSSR count). The number of ether oxygens (including phenoxy) is 2. The van der Waals surface area contributed by atoms with Crippen LogP contribution < -0.4 is 10.1 Å². The van der Waals surface area contributed by atoms with Crippen LogP contribution in [0.3, 0.4) is 0 Å². The summed E-state index contributed by atoms with van der Waals surface area (Å²) in [6.07, 6.45) is 2.65. The van der Waals surface area contributed by atoms with E-state index in [9.17, 15) is 0 Å². The van der Waals surface area contributed by atoms with Gasteiger partial charge in [-0.1, -0.05) is 17.7 Å². The number of likely N-dealkylation sites (N-methyl/N-ethyl adjacent to an activating group) is 1. The number of benzene rings is 1. The van der Waals surface area contributed by atoms with Crippen molar-refractivity contribution in [3.63, 3.8) is 0 Å². The first kappa shape index (κ1) is 17.9. The highest BCUT2D eigenvalue weighted by Gasteiger charge is 2.21. The highest BCUT2D eigenvalue weighted by atomic mass is 35.5. The van der Waals surface area contributed by atoms with E-state index < -0.39 is 0 Å². The van der Waals surface area contributed by atoms with Gasteiger partial charge in [0.05, 0.1) is 13.2 Å². The van der Waals surface area contributed by atoms with E-state index >= 15 is 0 Å². The van der Waals surface area contributed by atoms with Crippen LogP contribution in [0, 0.1) is 5.92 Å². The maximum absolute atomic E-state index is 5.92. The predicted octanol–water partition coefficient (Wildman–Crippen LogP) is 2.65. The lowest BCUT2D eigenvalue weighted by molar-refractivity contribution is 0.115. The molecule has 1 aliphatic carbocycles. The SMILES string of the molecule is CN=C(NCCOc1cccc(Cl)c1)N(C)CCOCC1CC1. The minimum atomic E-state index is 0.547. The first-order valence-corrected chi connectivity index (χ1v) is 8.44. The fourth-order valence-corrected chi connectivity index (χ4v) is 2.30. The smallest absolute Gasteiger partial charge is 0.193 e. The minimum Gasteiger partial charge on any atom is -0.492 e. The van der Waals surface area contributed by atoms with E-state index in [-0.39, 0.29) is 0 Å². The van der Waals surface area contributed by atoms with Crippen LogP contribution in [0.25, 0.3) is 0 Å². The van der Waals surface area contributed by atoms with Crippen LogP contribution in [0.15, 0.2) is 29.3 Å². The maximum atomic E-state index is 5.92. The lowest BCUT2D eigenvalue weighted by atomic mass is 10.3. The topological polar surface area (TPSA) is 46.1 Å². The molecule has 5 nitrogen and oxygen atoms in total. The standard InChI is InChI=1S/C17H26ClN3O2/c1-19-17(21(2)9-11-22-13-14-6-7-14)20-8-10-23-16-5-3-4-15(18)12-16/h3-5,12,14H,6-11,13H2,1-2H3,(H,19,20). The summed E-state index contributed by atoms with van der Waals surface area (Å²) in [6, 6.07) is 7.40. The molecule has 0 heterocycles. The van der Waals surface area contributed by atoms with E-state index in [1.54, 1.807) is 13.1 Å². The normalized spacial score (nSPS) is 14.7. The van der Waals surface area contributed by atoms with Gasteiger partial charge in [0.1, 0.15) is 12.4 Å². The average molecular weight is 340 g/mol. The molecule has 0 aliphatic heterocycles. The van der Waals surface area contributed by atoms with Crippen LogP contribution in [0.4, 0.5) is 0 Å². The molecule has 0 saturated heterocycles. The fraction of sp³-hybridized carbons (Fsp3) is 0.588. The number of hydrogen-bond acceptors (Lipinski definition) is 3. The highest BCUT2D eigenvalue weighted by Crippen LogP contribution is 2.28. The number of guanidine groups is 1. The van der Waals surface area contributed by atoms with Gasteiger partial charge >= 0.3 is 0 Å². The molecule has 23 heavy (non-hydrogen) atoms. The van der Waals surface area contributed by atoms with Gasteiger partial charge in [-0.15, -0.1) is 0 Å². The Hall–Kier alpha value is -1.46. The van der Waals surface area contributed by atoms with E-state index in [0.717, 1.165) is 37.4 Å². The van der Waals surface area contributed by atoms with Crippen LogP contribution in [0.1, 0.15) is 12.8 Å². The molecule has 1 saturated carbocycles. The van der Waals surface area contributed by atoms with Gasteiger partial charge in [-0.05, 0) is 37.0 Å². The second-order valence-electron chi connectivity index (χ2n) is 5.72. The Morgan fingerprint density at radius 3 is 2.91 bits per heavy atom. The average Bonchev–Trinajstić information content (AvgIpc) is 3.36. The zero-order chi connectivity index (χ0) is 16.5. The molecule has 1 aromatic rings. The molecule has 1 aromatic carbocycles. The Bertz CT molecular complexity index is 506. The summed E-state index contributed by atoms with van der Waals surface area (Å²) in [5.41, 5.74) is 0. The molecule has 0 amide bonds. The Balaban J connectivity index is 1.59. The van der Waals surface area contributed by atoms with E-state index in [1.165, 1.54) is 12.8 Å². The lowest BCUT2D eigenvalue weighted by Gasteiger charge is -2.22. The summed E-state index contributed by atoms with van der Waals surface area (Å²) in [5.74, 6) is 2.42. The summed E-state index contributed by atoms with van der Waals surface area (Å²) in [4.78, 5) is 6.33. The number of hydrogen-bond donors (Lipinski definition) is 1. The van der Waals surface area contributed by atoms with Crippen molar-refractivity contribution in [2.75, 3.05) is 47.0 Å². The van der Waals surface area contributed by atoms with Gasteiger partial charge < -0.3 is 19.7 Å². The van der Waals surface area contributed by atoms with Gasteiger partial charge in [0.2, 0.25) is 0 Å². The van der Waals surface area contributed by atoms with Gasteiger partial charge in [-0.3, -0.25) is 4.99 Å². The van der Waals surface area contributed by atoms with E-state index in [0.29, 0.717) is 18.2 Å². The largest absolute Gasteiger partial charge is 0.492 e. The quantitative estimate of drug-likeness (QED) is 0.427. The fourth-order valence-electron chi connectivity index (χ4n) is 2.12. The second-order valence-corrected chi connectivity index (χ2v) is 6.16. The molecule has 1 N–H and O–H groups in total. The lowest BCUT2D eigenvalue weighted by Crippen LogP contribution is -2.42. The first-order valence-electron chi connectivity index (χ1n) is 8.07. The van der Waals surface area contributed by atoms with Crippen molar-refractivity contribution >= 4 is 17.6 Å². The molecule has 0 spiro atoms. The van der Waals surface area contributed by atoms with Crippen molar-refractivity contribution in [2.24, 2.45) is 10.9 Å². The van der Waals surface area contributed by atoms with Gasteiger partial charge in [0.25, 0.3) is 0 Å². The number of nitrogens with zero attached hydrogens (tertiary/aromatic N) is 2. The zero-order valence-electron chi connectivity index (χ0n) is 13.9. The summed E-state index contributed by atoms with van der Waals surface area (Å²) < 4.78 is 11.3. The van der Waals surface area contributed by atoms with Crippen LogP contribution in [-0.4, -0.2) is 57.9 Å². The van der Waals surface area contributed by atoms with Crippen molar-refractivity contribution < 1.29 is 9.47 Å². The van der Waals surface area contributed by atoms with Gasteiger partial charge in [-0.25, -0.2) is 0 Å². The molecular weight excluding hydrogens is 314 g/mol. The number of aliphatic imine (C=N–C) groups is 1. The molecule has 0 bridgehead atoms. The Kier molecular flexibility index (Phi) is 7.49. The van der Waals surface area contributed by atoms with Gasteiger partial charge in [0, 0.05) is 32.3 Å². The molecule has 6 heteroatoms. The van der Waals surface area contributed by atoms with E-state index in [2.05, 4.69) is 15.2 Å². The highest BCUT2D eigenvalue weighted by molar-refractivity contribution is 6.30. The minimum absolute atomic E-state index is 0.547. The van der Waals surface area contributed by atoms with Crippen molar-refractivity contribution in [1.29, 1.82) is 0 Å². The van der Waals surface area contributed by atoms with Crippen LogP contribution in [0.5, 0.6) is 5.75 Å². The third-order valence-electron chi connectivity index (χ3n) is 3.64. The molecule has 128 valence electrons. The number of halogens is 1. The Morgan fingerprint density at radius 1 is 1.39 bits per heavy atom. The van der Waals surface area contributed by atoms with Crippen molar-refractivity contribution in [3.8, 4) is 5.75 Å². The second kappa shape index (κ2) is 9.63. The monoisotopic (exact) mass is 339 g/mol. The van der Waals surface area contributed by atoms with Gasteiger partial charge in [-0.2, -0.15) is 0 Å². The van der Waals surface area contributed by atoms with Crippen LogP contribution in [0.2, 0.25) is 5.02 Å². The molecule has 0 unspecified atom stereocenters. The molecule has 0 aromatic heterocycles. The van der Waals surface area contributed by atoms with Gasteiger partial charge in [0.15, 0.2) is 5.96 Å². The summed E-state index contributed by atoms with van der Waals surface area (Å²) >= 11 is 5.92. The number of nitrogens with one attached hydrogen (secondary N) is 1. The molecular formula is C17H26ClN3O2. The van der Waals surface area contributed by atoms with E-state index in [4.69, 9.17) is 21.1 Å². The number of rotatable bonds is 9. The van der Waals surface area contributed by atoms with E-state index in [1.807, 2.05) is 25.2 Å². The molecule has 1 aliphatic rings. The van der Waals surface area contributed by atoms with Crippen molar-refractivity contribution in [1.82, 2.24) is 10.2 Å². The first-order chi connectivity index (χ1) is 11.2. The molecule has 0 radical (unpaired) electrons. The van der Waals surface area contributed by atoms with Crippen LogP contribution in [-0.2, 0) is 4.74 Å².